The topological polar surface area (TPSA) is 53.4 Å². The molecule has 1 aliphatic heterocycles. The van der Waals surface area contributed by atoms with E-state index in [4.69, 9.17) is 4.74 Å². The highest BCUT2D eigenvalue weighted by atomic mass is 32.2. The van der Waals surface area contributed by atoms with Gasteiger partial charge in [-0.3, -0.25) is 4.68 Å². The van der Waals surface area contributed by atoms with Gasteiger partial charge >= 0.3 is 5.97 Å². The van der Waals surface area contributed by atoms with Crippen LogP contribution in [-0.4, -0.2) is 42.3 Å². The number of aromatic nitrogens is 2. The number of rotatable bonds is 3. The Labute approximate surface area is 104 Å². The zero-order chi connectivity index (χ0) is 12.3. The van der Waals surface area contributed by atoms with Gasteiger partial charge in [0.05, 0.1) is 18.2 Å². The van der Waals surface area contributed by atoms with Gasteiger partial charge in [0.25, 0.3) is 0 Å². The maximum absolute atomic E-state index is 11.4. The monoisotopic (exact) mass is 256 g/mol. The number of hydrogen-bond acceptors (Lipinski definition) is 5. The molecule has 1 aromatic heterocycles. The van der Waals surface area contributed by atoms with Crippen molar-refractivity contribution in [3.05, 3.63) is 11.8 Å². The molecule has 1 aliphatic rings. The van der Waals surface area contributed by atoms with E-state index in [-0.39, 0.29) is 5.97 Å². The second-order valence-electron chi connectivity index (χ2n) is 3.85. The zero-order valence-electron chi connectivity index (χ0n) is 10.0. The van der Waals surface area contributed by atoms with Crippen molar-refractivity contribution in [1.82, 2.24) is 9.78 Å². The molecule has 0 aliphatic carbocycles. The Morgan fingerprint density at radius 3 is 2.88 bits per heavy atom. The van der Waals surface area contributed by atoms with Crippen LogP contribution in [0.5, 0.6) is 0 Å². The van der Waals surface area contributed by atoms with Gasteiger partial charge in [-0.05, 0) is 19.1 Å². The van der Waals surface area contributed by atoms with E-state index in [0.29, 0.717) is 11.7 Å². The molecule has 1 aromatic rings. The van der Waals surface area contributed by atoms with Crippen LogP contribution in [-0.2, 0) is 9.47 Å². The van der Waals surface area contributed by atoms with Crippen LogP contribution in [0.15, 0.2) is 11.1 Å². The molecular formula is C11H16N2O3S. The lowest BCUT2D eigenvalue weighted by Crippen LogP contribution is -2.21. The number of methoxy groups -OCH3 is 1. The van der Waals surface area contributed by atoms with E-state index < -0.39 is 0 Å². The first-order valence-corrected chi connectivity index (χ1v) is 6.78. The number of nitrogens with zero attached hydrogens (tertiary/aromatic N) is 2. The van der Waals surface area contributed by atoms with Crippen molar-refractivity contribution >= 4 is 17.7 Å². The minimum atomic E-state index is -0.383. The van der Waals surface area contributed by atoms with Crippen LogP contribution in [0.1, 0.15) is 29.4 Å². The lowest BCUT2D eigenvalue weighted by Gasteiger charge is -2.23. The third-order valence-electron chi connectivity index (χ3n) is 2.84. The first-order valence-electron chi connectivity index (χ1n) is 5.56. The molecule has 1 fully saturated rings. The van der Waals surface area contributed by atoms with Crippen LogP contribution < -0.4 is 0 Å². The first kappa shape index (κ1) is 12.4. The van der Waals surface area contributed by atoms with E-state index in [2.05, 4.69) is 9.84 Å². The van der Waals surface area contributed by atoms with Crippen LogP contribution in [0.25, 0.3) is 0 Å². The molecule has 0 saturated carbocycles. The molecule has 6 heteroatoms. The Bertz CT molecular complexity index is 399. The lowest BCUT2D eigenvalue weighted by atomic mass is 10.1. The van der Waals surface area contributed by atoms with Gasteiger partial charge in [-0.25, -0.2) is 4.79 Å². The molecule has 0 spiro atoms. The van der Waals surface area contributed by atoms with Crippen molar-refractivity contribution in [2.45, 2.75) is 23.9 Å². The van der Waals surface area contributed by atoms with Gasteiger partial charge in [0.2, 0.25) is 0 Å². The summed E-state index contributed by atoms with van der Waals surface area (Å²) in [5.41, 5.74) is 0.378. The fourth-order valence-corrected chi connectivity index (χ4v) is 2.53. The highest BCUT2D eigenvalue weighted by Crippen LogP contribution is 2.27. The molecule has 17 heavy (non-hydrogen) atoms. The summed E-state index contributed by atoms with van der Waals surface area (Å²) in [4.78, 5) is 11.4. The second-order valence-corrected chi connectivity index (χ2v) is 4.68. The minimum absolute atomic E-state index is 0.324. The van der Waals surface area contributed by atoms with Gasteiger partial charge in [0, 0.05) is 19.3 Å². The summed E-state index contributed by atoms with van der Waals surface area (Å²) in [6, 6.07) is 2.11. The Morgan fingerprint density at radius 1 is 1.59 bits per heavy atom. The van der Waals surface area contributed by atoms with Crippen LogP contribution in [0.2, 0.25) is 0 Å². The SMILES string of the molecule is COC(=O)c1cc(SC)n(C2CCOCC2)n1. The van der Waals surface area contributed by atoms with Gasteiger partial charge in [-0.1, -0.05) is 0 Å². The fourth-order valence-electron chi connectivity index (χ4n) is 1.93. The van der Waals surface area contributed by atoms with E-state index >= 15 is 0 Å². The summed E-state index contributed by atoms with van der Waals surface area (Å²) >= 11 is 1.59. The Balaban J connectivity index is 2.25. The van der Waals surface area contributed by atoms with E-state index in [9.17, 15) is 4.79 Å². The summed E-state index contributed by atoms with van der Waals surface area (Å²) in [5.74, 6) is -0.383. The van der Waals surface area contributed by atoms with Crippen molar-refractivity contribution in [1.29, 1.82) is 0 Å². The van der Waals surface area contributed by atoms with Crippen LogP contribution in [0.3, 0.4) is 0 Å². The predicted octanol–water partition coefficient (Wildman–Crippen LogP) is 1.74. The molecule has 0 N–H and O–H groups in total. The average Bonchev–Trinajstić information content (AvgIpc) is 2.83. The van der Waals surface area contributed by atoms with Crippen LogP contribution >= 0.6 is 11.8 Å². The van der Waals surface area contributed by atoms with Gasteiger partial charge in [-0.2, -0.15) is 5.10 Å². The molecule has 0 amide bonds. The highest BCUT2D eigenvalue weighted by molar-refractivity contribution is 7.98. The van der Waals surface area contributed by atoms with E-state index in [1.54, 1.807) is 17.8 Å². The average molecular weight is 256 g/mol. The number of ether oxygens (including phenoxy) is 2. The summed E-state index contributed by atoms with van der Waals surface area (Å²) in [7, 11) is 1.37. The zero-order valence-corrected chi connectivity index (χ0v) is 10.8. The van der Waals surface area contributed by atoms with Crippen molar-refractivity contribution in [3.63, 3.8) is 0 Å². The largest absolute Gasteiger partial charge is 0.464 e. The van der Waals surface area contributed by atoms with Gasteiger partial charge in [0.15, 0.2) is 5.69 Å². The number of hydrogen-bond donors (Lipinski definition) is 0. The smallest absolute Gasteiger partial charge is 0.358 e. The number of carbonyl (C=O) groups excluding carboxylic acids is 1. The van der Waals surface area contributed by atoms with Gasteiger partial charge < -0.3 is 9.47 Å². The molecule has 0 atom stereocenters. The van der Waals surface area contributed by atoms with Crippen molar-refractivity contribution in [2.75, 3.05) is 26.6 Å². The molecule has 0 aromatic carbocycles. The normalized spacial score (nSPS) is 17.1. The molecule has 2 rings (SSSR count). The summed E-state index contributed by atoms with van der Waals surface area (Å²) in [6.07, 6.45) is 3.86. The van der Waals surface area contributed by atoms with E-state index in [1.807, 2.05) is 10.9 Å². The van der Waals surface area contributed by atoms with Gasteiger partial charge in [-0.15, -0.1) is 11.8 Å². The molecule has 0 unspecified atom stereocenters. The molecule has 0 radical (unpaired) electrons. The Kier molecular flexibility index (Phi) is 4.06. The van der Waals surface area contributed by atoms with E-state index in [0.717, 1.165) is 31.1 Å². The maximum Gasteiger partial charge on any atom is 0.358 e. The number of esters is 1. The predicted molar refractivity (Wildman–Crippen MR) is 64.4 cm³/mol. The third-order valence-corrected chi connectivity index (χ3v) is 3.57. The third kappa shape index (κ3) is 2.63. The second kappa shape index (κ2) is 5.55. The Morgan fingerprint density at radius 2 is 2.29 bits per heavy atom. The molecular weight excluding hydrogens is 240 g/mol. The number of carbonyl (C=O) groups is 1. The molecule has 0 bridgehead atoms. The summed E-state index contributed by atoms with van der Waals surface area (Å²) in [6.45, 7) is 1.51. The van der Waals surface area contributed by atoms with Gasteiger partial charge in [0.1, 0.15) is 0 Å². The minimum Gasteiger partial charge on any atom is -0.464 e. The summed E-state index contributed by atoms with van der Waals surface area (Å²) in [5, 5.41) is 5.34. The highest BCUT2D eigenvalue weighted by Gasteiger charge is 2.22. The van der Waals surface area contributed by atoms with E-state index in [1.165, 1.54) is 7.11 Å². The Hall–Kier alpha value is -1.01. The summed E-state index contributed by atoms with van der Waals surface area (Å²) < 4.78 is 11.9. The van der Waals surface area contributed by atoms with Crippen LogP contribution in [0.4, 0.5) is 0 Å². The molecule has 5 nitrogen and oxygen atoms in total. The first-order chi connectivity index (χ1) is 8.26. The quantitative estimate of drug-likeness (QED) is 0.609. The molecule has 94 valence electrons. The van der Waals surface area contributed by atoms with Crippen molar-refractivity contribution in [3.8, 4) is 0 Å². The van der Waals surface area contributed by atoms with Crippen molar-refractivity contribution < 1.29 is 14.3 Å². The number of thioether (sulfide) groups is 1. The standard InChI is InChI=1S/C11H16N2O3S/c1-15-11(14)9-7-10(17-2)13(12-9)8-3-5-16-6-4-8/h7-8H,3-6H2,1-2H3. The van der Waals surface area contributed by atoms with Crippen LogP contribution in [0, 0.1) is 0 Å². The molecule has 2 heterocycles. The lowest BCUT2D eigenvalue weighted by molar-refractivity contribution is 0.0579. The van der Waals surface area contributed by atoms with Crippen molar-refractivity contribution in [2.24, 2.45) is 0 Å². The molecule has 1 saturated heterocycles. The maximum atomic E-state index is 11.4. The fraction of sp³-hybridized carbons (Fsp3) is 0.636.